The summed E-state index contributed by atoms with van der Waals surface area (Å²) >= 11 is 0. The molecule has 0 saturated heterocycles. The van der Waals surface area contributed by atoms with Gasteiger partial charge in [-0.15, -0.1) is 0 Å². The second-order valence-corrected chi connectivity index (χ2v) is 4.76. The molecule has 0 amide bonds. The molecule has 0 aromatic carbocycles. The normalized spacial score (nSPS) is 13.0. The van der Waals surface area contributed by atoms with Crippen molar-refractivity contribution >= 4 is 0 Å². The summed E-state index contributed by atoms with van der Waals surface area (Å²) in [5.41, 5.74) is 2.80. The second-order valence-electron chi connectivity index (χ2n) is 4.76. The lowest BCUT2D eigenvalue weighted by atomic mass is 9.91. The maximum absolute atomic E-state index is 4.35. The zero-order valence-corrected chi connectivity index (χ0v) is 11.3. The van der Waals surface area contributed by atoms with E-state index >= 15 is 0 Å². The Hall–Kier alpha value is -0.790. The zero-order valence-electron chi connectivity index (χ0n) is 11.3. The quantitative estimate of drug-likeness (QED) is 0.632. The van der Waals surface area contributed by atoms with Crippen LogP contribution in [0.15, 0.2) is 6.20 Å². The van der Waals surface area contributed by atoms with Gasteiger partial charge >= 0.3 is 0 Å². The molecule has 0 saturated carbocycles. The van der Waals surface area contributed by atoms with Crippen LogP contribution < -0.4 is 0 Å². The zero-order chi connectivity index (χ0) is 12.0. The lowest BCUT2D eigenvalue weighted by Crippen LogP contribution is -2.00. The molecule has 0 N–H and O–H groups in total. The van der Waals surface area contributed by atoms with Crippen molar-refractivity contribution in [2.24, 2.45) is 7.05 Å². The molecule has 2 nitrogen and oxygen atoms in total. The van der Waals surface area contributed by atoms with Crippen molar-refractivity contribution in [3.8, 4) is 0 Å². The molecule has 2 heteroatoms. The Bertz CT molecular complexity index is 302. The van der Waals surface area contributed by atoms with Crippen molar-refractivity contribution in [3.63, 3.8) is 0 Å². The predicted molar refractivity (Wildman–Crippen MR) is 69.7 cm³/mol. The smallest absolute Gasteiger partial charge is 0.0527 e. The summed E-state index contributed by atoms with van der Waals surface area (Å²) in [6, 6.07) is 0. The molecule has 0 aliphatic heterocycles. The Morgan fingerprint density at radius 2 is 2.00 bits per heavy atom. The third kappa shape index (κ3) is 3.36. The van der Waals surface area contributed by atoms with Crippen LogP contribution in [0.1, 0.15) is 69.5 Å². The summed E-state index contributed by atoms with van der Waals surface area (Å²) in [6.45, 7) is 6.73. The van der Waals surface area contributed by atoms with Crippen LogP contribution in [0.2, 0.25) is 0 Å². The fourth-order valence-electron chi connectivity index (χ4n) is 2.31. The highest BCUT2D eigenvalue weighted by Gasteiger charge is 2.14. The first-order chi connectivity index (χ1) is 7.70. The van der Waals surface area contributed by atoms with Crippen LogP contribution in [0, 0.1) is 6.92 Å². The Morgan fingerprint density at radius 3 is 2.50 bits per heavy atom. The molecular weight excluding hydrogens is 196 g/mol. The highest BCUT2D eigenvalue weighted by Crippen LogP contribution is 2.27. The first-order valence-corrected chi connectivity index (χ1v) is 6.69. The summed E-state index contributed by atoms with van der Waals surface area (Å²) in [4.78, 5) is 0. The molecule has 0 fully saturated rings. The minimum atomic E-state index is 0.713. The van der Waals surface area contributed by atoms with Crippen molar-refractivity contribution in [1.82, 2.24) is 9.78 Å². The van der Waals surface area contributed by atoms with E-state index in [0.29, 0.717) is 5.92 Å². The van der Waals surface area contributed by atoms with Gasteiger partial charge in [0.15, 0.2) is 0 Å². The van der Waals surface area contributed by atoms with Crippen LogP contribution in [0.3, 0.4) is 0 Å². The first kappa shape index (κ1) is 13.3. The van der Waals surface area contributed by atoms with E-state index in [9.17, 15) is 0 Å². The highest BCUT2D eigenvalue weighted by molar-refractivity contribution is 5.20. The van der Waals surface area contributed by atoms with Crippen LogP contribution in [0.5, 0.6) is 0 Å². The molecule has 0 aliphatic rings. The average Bonchev–Trinajstić information content (AvgIpc) is 2.61. The van der Waals surface area contributed by atoms with Gasteiger partial charge in [-0.05, 0) is 31.2 Å². The van der Waals surface area contributed by atoms with Crippen LogP contribution in [0.25, 0.3) is 0 Å². The predicted octanol–water partition coefficient (Wildman–Crippen LogP) is 4.19. The van der Waals surface area contributed by atoms with Crippen molar-refractivity contribution in [3.05, 3.63) is 17.5 Å². The van der Waals surface area contributed by atoms with Crippen LogP contribution in [-0.4, -0.2) is 9.78 Å². The van der Waals surface area contributed by atoms with E-state index in [1.165, 1.54) is 49.8 Å². The molecule has 1 rings (SSSR count). The van der Waals surface area contributed by atoms with Crippen LogP contribution in [-0.2, 0) is 7.05 Å². The van der Waals surface area contributed by atoms with Crippen molar-refractivity contribution in [2.45, 2.75) is 65.2 Å². The van der Waals surface area contributed by atoms with Gasteiger partial charge in [-0.1, -0.05) is 39.5 Å². The molecule has 1 aromatic rings. The van der Waals surface area contributed by atoms with Gasteiger partial charge in [-0.2, -0.15) is 5.10 Å². The SMILES string of the molecule is CCCCCCC(CC)c1cnn(C)c1C. The first-order valence-electron chi connectivity index (χ1n) is 6.69. The third-order valence-corrected chi connectivity index (χ3v) is 3.61. The van der Waals surface area contributed by atoms with Gasteiger partial charge in [0.25, 0.3) is 0 Å². The standard InChI is InChI=1S/C14H26N2/c1-5-7-8-9-10-13(6-2)14-11-15-16(4)12(14)3/h11,13H,5-10H2,1-4H3. The van der Waals surface area contributed by atoms with E-state index < -0.39 is 0 Å². The van der Waals surface area contributed by atoms with Gasteiger partial charge < -0.3 is 0 Å². The number of hydrogen-bond donors (Lipinski definition) is 0. The van der Waals surface area contributed by atoms with E-state index in [0.717, 1.165) is 0 Å². The number of rotatable bonds is 7. The average molecular weight is 222 g/mol. The van der Waals surface area contributed by atoms with Gasteiger partial charge in [-0.25, -0.2) is 0 Å². The highest BCUT2D eigenvalue weighted by atomic mass is 15.3. The van der Waals surface area contributed by atoms with Crippen molar-refractivity contribution in [2.75, 3.05) is 0 Å². The number of aromatic nitrogens is 2. The maximum atomic E-state index is 4.35. The second kappa shape index (κ2) is 6.72. The largest absolute Gasteiger partial charge is 0.273 e. The minimum Gasteiger partial charge on any atom is -0.273 e. The number of aryl methyl sites for hydroxylation is 1. The van der Waals surface area contributed by atoms with E-state index in [1.54, 1.807) is 0 Å². The van der Waals surface area contributed by atoms with Gasteiger partial charge in [0.1, 0.15) is 0 Å². The van der Waals surface area contributed by atoms with Crippen molar-refractivity contribution in [1.29, 1.82) is 0 Å². The number of unbranched alkanes of at least 4 members (excludes halogenated alkanes) is 3. The summed E-state index contributed by atoms with van der Waals surface area (Å²) in [5, 5.41) is 4.35. The van der Waals surface area contributed by atoms with E-state index in [4.69, 9.17) is 0 Å². The molecular formula is C14H26N2. The summed E-state index contributed by atoms with van der Waals surface area (Å²) in [6.07, 6.45) is 10.1. The number of nitrogens with zero attached hydrogens (tertiary/aromatic N) is 2. The van der Waals surface area contributed by atoms with E-state index in [1.807, 2.05) is 11.7 Å². The lowest BCUT2D eigenvalue weighted by Gasteiger charge is -2.14. The van der Waals surface area contributed by atoms with Gasteiger partial charge in [0.05, 0.1) is 6.20 Å². The van der Waals surface area contributed by atoms with Crippen LogP contribution >= 0.6 is 0 Å². The lowest BCUT2D eigenvalue weighted by molar-refractivity contribution is 0.540. The fraction of sp³-hybridized carbons (Fsp3) is 0.786. The van der Waals surface area contributed by atoms with Gasteiger partial charge in [0.2, 0.25) is 0 Å². The summed E-state index contributed by atoms with van der Waals surface area (Å²) < 4.78 is 1.99. The molecule has 0 aliphatic carbocycles. The molecule has 0 bridgehead atoms. The topological polar surface area (TPSA) is 17.8 Å². The summed E-state index contributed by atoms with van der Waals surface area (Å²) in [7, 11) is 2.03. The Kier molecular flexibility index (Phi) is 5.58. The molecule has 1 aromatic heterocycles. The molecule has 0 spiro atoms. The molecule has 1 atom stereocenters. The van der Waals surface area contributed by atoms with Crippen molar-refractivity contribution < 1.29 is 0 Å². The summed E-state index contributed by atoms with van der Waals surface area (Å²) in [5.74, 6) is 0.713. The Morgan fingerprint density at radius 1 is 1.25 bits per heavy atom. The monoisotopic (exact) mass is 222 g/mol. The van der Waals surface area contributed by atoms with E-state index in [-0.39, 0.29) is 0 Å². The Labute approximate surface area is 100 Å². The van der Waals surface area contributed by atoms with Gasteiger partial charge in [-0.3, -0.25) is 4.68 Å². The van der Waals surface area contributed by atoms with Gasteiger partial charge in [0, 0.05) is 12.7 Å². The fourth-order valence-corrected chi connectivity index (χ4v) is 2.31. The van der Waals surface area contributed by atoms with E-state index in [2.05, 4.69) is 32.1 Å². The molecule has 1 unspecified atom stereocenters. The number of hydrogen-bond acceptors (Lipinski definition) is 1. The Balaban J connectivity index is 2.51. The molecule has 16 heavy (non-hydrogen) atoms. The maximum Gasteiger partial charge on any atom is 0.0527 e. The van der Waals surface area contributed by atoms with Crippen LogP contribution in [0.4, 0.5) is 0 Å². The third-order valence-electron chi connectivity index (χ3n) is 3.61. The minimum absolute atomic E-state index is 0.713. The molecule has 1 heterocycles. The molecule has 0 radical (unpaired) electrons. The molecule has 92 valence electrons.